The second-order valence-electron chi connectivity index (χ2n) is 4.84. The van der Waals surface area contributed by atoms with Crippen LogP contribution in [0.4, 0.5) is 4.79 Å². The Morgan fingerprint density at radius 3 is 2.36 bits per heavy atom. The molecular formula is C10H19NO3. The van der Waals surface area contributed by atoms with Crippen LogP contribution in [-0.4, -0.2) is 30.9 Å². The smallest absolute Gasteiger partial charge is 0.408 e. The molecule has 0 aromatic carbocycles. The molecular weight excluding hydrogens is 182 g/mol. The molecule has 82 valence electrons. The van der Waals surface area contributed by atoms with Crippen LogP contribution in [0.5, 0.6) is 0 Å². The molecule has 1 fully saturated rings. The molecule has 4 heteroatoms. The lowest BCUT2D eigenvalue weighted by atomic mass is 10.2. The summed E-state index contributed by atoms with van der Waals surface area (Å²) in [6.45, 7) is 6.11. The van der Waals surface area contributed by atoms with Crippen molar-refractivity contribution in [3.63, 3.8) is 0 Å². The Morgan fingerprint density at radius 1 is 1.43 bits per heavy atom. The Bertz CT molecular complexity index is 216. The number of hydrogen-bond donors (Lipinski definition) is 1. The average Bonchev–Trinajstić information content (AvgIpc) is 2.64. The van der Waals surface area contributed by atoms with Gasteiger partial charge in [-0.2, -0.15) is 0 Å². The van der Waals surface area contributed by atoms with Crippen LogP contribution in [0.3, 0.4) is 0 Å². The molecule has 0 atom stereocenters. The van der Waals surface area contributed by atoms with E-state index in [9.17, 15) is 4.79 Å². The van der Waals surface area contributed by atoms with Crippen LogP contribution in [0.2, 0.25) is 0 Å². The van der Waals surface area contributed by atoms with Gasteiger partial charge < -0.3 is 14.8 Å². The van der Waals surface area contributed by atoms with E-state index in [0.29, 0.717) is 6.61 Å². The molecule has 1 saturated carbocycles. The first-order valence-electron chi connectivity index (χ1n) is 4.87. The number of alkyl carbamates (subject to hydrolysis) is 1. The molecule has 0 aliphatic heterocycles. The number of methoxy groups -OCH3 is 1. The van der Waals surface area contributed by atoms with Crippen molar-refractivity contribution in [3.8, 4) is 0 Å². The fraction of sp³-hybridized carbons (Fsp3) is 0.900. The zero-order chi connectivity index (χ0) is 10.8. The van der Waals surface area contributed by atoms with Crippen LogP contribution < -0.4 is 5.32 Å². The Hall–Kier alpha value is -0.770. The van der Waals surface area contributed by atoms with Gasteiger partial charge in [-0.25, -0.2) is 4.79 Å². The lowest BCUT2D eigenvalue weighted by Gasteiger charge is -2.22. The maximum Gasteiger partial charge on any atom is 0.408 e. The predicted octanol–water partition coefficient (Wildman–Crippen LogP) is 1.69. The number of amides is 1. The van der Waals surface area contributed by atoms with Gasteiger partial charge in [0.25, 0.3) is 0 Å². The van der Waals surface area contributed by atoms with Crippen LogP contribution in [0, 0.1) is 0 Å². The Morgan fingerprint density at radius 2 is 2.00 bits per heavy atom. The summed E-state index contributed by atoms with van der Waals surface area (Å²) in [4.78, 5) is 11.4. The molecule has 1 aliphatic carbocycles. The van der Waals surface area contributed by atoms with Gasteiger partial charge in [0.2, 0.25) is 0 Å². The normalized spacial score (nSPS) is 18.9. The fourth-order valence-corrected chi connectivity index (χ4v) is 1.25. The van der Waals surface area contributed by atoms with Crippen molar-refractivity contribution in [1.82, 2.24) is 5.32 Å². The molecule has 1 N–H and O–H groups in total. The SMILES string of the molecule is COCC1(NC(=O)OC(C)(C)C)CC1. The van der Waals surface area contributed by atoms with Crippen molar-refractivity contribution in [2.75, 3.05) is 13.7 Å². The van der Waals surface area contributed by atoms with Crippen molar-refractivity contribution in [2.45, 2.75) is 44.8 Å². The van der Waals surface area contributed by atoms with Crippen LogP contribution in [0.1, 0.15) is 33.6 Å². The maximum atomic E-state index is 11.4. The summed E-state index contributed by atoms with van der Waals surface area (Å²) in [5, 5.41) is 2.84. The summed E-state index contributed by atoms with van der Waals surface area (Å²) in [7, 11) is 1.64. The third-order valence-corrected chi connectivity index (χ3v) is 2.04. The summed E-state index contributed by atoms with van der Waals surface area (Å²) < 4.78 is 10.2. The molecule has 0 saturated heterocycles. The highest BCUT2D eigenvalue weighted by molar-refractivity contribution is 5.69. The molecule has 0 spiro atoms. The maximum absolute atomic E-state index is 11.4. The zero-order valence-electron chi connectivity index (χ0n) is 9.35. The van der Waals surface area contributed by atoms with Crippen LogP contribution in [-0.2, 0) is 9.47 Å². The van der Waals surface area contributed by atoms with E-state index in [-0.39, 0.29) is 11.6 Å². The summed E-state index contributed by atoms with van der Waals surface area (Å²) in [6, 6.07) is 0. The van der Waals surface area contributed by atoms with Crippen LogP contribution in [0.25, 0.3) is 0 Å². The highest BCUT2D eigenvalue weighted by atomic mass is 16.6. The number of rotatable bonds is 3. The number of nitrogens with one attached hydrogen (secondary N) is 1. The van der Waals surface area contributed by atoms with Gasteiger partial charge in [0, 0.05) is 7.11 Å². The number of ether oxygens (including phenoxy) is 2. The summed E-state index contributed by atoms with van der Waals surface area (Å²) in [6.07, 6.45) is 1.59. The van der Waals surface area contributed by atoms with Gasteiger partial charge >= 0.3 is 6.09 Å². The van der Waals surface area contributed by atoms with Crippen LogP contribution >= 0.6 is 0 Å². The molecule has 0 unspecified atom stereocenters. The minimum absolute atomic E-state index is 0.156. The first-order valence-corrected chi connectivity index (χ1v) is 4.87. The van der Waals surface area contributed by atoms with E-state index in [2.05, 4.69) is 5.32 Å². The van der Waals surface area contributed by atoms with E-state index in [0.717, 1.165) is 12.8 Å². The van der Waals surface area contributed by atoms with Gasteiger partial charge in [-0.3, -0.25) is 0 Å². The van der Waals surface area contributed by atoms with Gasteiger partial charge in [0.05, 0.1) is 12.1 Å². The summed E-state index contributed by atoms with van der Waals surface area (Å²) in [5.74, 6) is 0. The van der Waals surface area contributed by atoms with Crippen molar-refractivity contribution in [3.05, 3.63) is 0 Å². The molecule has 0 aromatic heterocycles. The molecule has 14 heavy (non-hydrogen) atoms. The minimum atomic E-state index is -0.437. The first kappa shape index (κ1) is 11.3. The number of hydrogen-bond acceptors (Lipinski definition) is 3. The lowest BCUT2D eigenvalue weighted by Crippen LogP contribution is -2.43. The van der Waals surface area contributed by atoms with E-state index in [4.69, 9.17) is 9.47 Å². The van der Waals surface area contributed by atoms with Crippen molar-refractivity contribution >= 4 is 6.09 Å². The lowest BCUT2D eigenvalue weighted by molar-refractivity contribution is 0.0454. The highest BCUT2D eigenvalue weighted by Gasteiger charge is 2.45. The third kappa shape index (κ3) is 3.54. The quantitative estimate of drug-likeness (QED) is 0.755. The van der Waals surface area contributed by atoms with Gasteiger partial charge in [-0.05, 0) is 33.6 Å². The predicted molar refractivity (Wildman–Crippen MR) is 53.2 cm³/mol. The highest BCUT2D eigenvalue weighted by Crippen LogP contribution is 2.35. The molecule has 4 nitrogen and oxygen atoms in total. The molecule has 0 aromatic rings. The Balaban J connectivity index is 2.34. The molecule has 1 aliphatic rings. The van der Waals surface area contributed by atoms with Gasteiger partial charge in [0.15, 0.2) is 0 Å². The van der Waals surface area contributed by atoms with Gasteiger partial charge in [0.1, 0.15) is 5.60 Å². The monoisotopic (exact) mass is 201 g/mol. The molecule has 0 bridgehead atoms. The number of carbonyl (C=O) groups is 1. The van der Waals surface area contributed by atoms with E-state index >= 15 is 0 Å². The summed E-state index contributed by atoms with van der Waals surface area (Å²) in [5.41, 5.74) is -0.593. The van der Waals surface area contributed by atoms with E-state index in [1.165, 1.54) is 0 Å². The fourth-order valence-electron chi connectivity index (χ4n) is 1.25. The largest absolute Gasteiger partial charge is 0.444 e. The van der Waals surface area contributed by atoms with Crippen molar-refractivity contribution in [1.29, 1.82) is 0 Å². The topological polar surface area (TPSA) is 47.6 Å². The Kier molecular flexibility index (Phi) is 3.04. The van der Waals surface area contributed by atoms with Crippen molar-refractivity contribution in [2.24, 2.45) is 0 Å². The van der Waals surface area contributed by atoms with E-state index < -0.39 is 5.60 Å². The van der Waals surface area contributed by atoms with E-state index in [1.807, 2.05) is 20.8 Å². The zero-order valence-corrected chi connectivity index (χ0v) is 9.35. The van der Waals surface area contributed by atoms with E-state index in [1.54, 1.807) is 7.11 Å². The number of carbonyl (C=O) groups excluding carboxylic acids is 1. The Labute approximate surface area is 85.0 Å². The standard InChI is InChI=1S/C10H19NO3/c1-9(2,3)14-8(12)11-10(5-6-10)7-13-4/h5-7H2,1-4H3,(H,11,12). The van der Waals surface area contributed by atoms with Gasteiger partial charge in [-0.1, -0.05) is 0 Å². The molecule has 1 rings (SSSR count). The molecule has 1 amide bonds. The second kappa shape index (κ2) is 3.77. The molecule has 0 heterocycles. The van der Waals surface area contributed by atoms with Crippen molar-refractivity contribution < 1.29 is 14.3 Å². The molecule has 0 radical (unpaired) electrons. The average molecular weight is 201 g/mol. The second-order valence-corrected chi connectivity index (χ2v) is 4.84. The third-order valence-electron chi connectivity index (χ3n) is 2.04. The van der Waals surface area contributed by atoms with Gasteiger partial charge in [-0.15, -0.1) is 0 Å². The first-order chi connectivity index (χ1) is 6.37. The summed E-state index contributed by atoms with van der Waals surface area (Å²) >= 11 is 0. The van der Waals surface area contributed by atoms with Crippen LogP contribution in [0.15, 0.2) is 0 Å². The minimum Gasteiger partial charge on any atom is -0.444 e.